The number of hydrogen-bond donors (Lipinski definition) is 0. The van der Waals surface area contributed by atoms with E-state index in [-0.39, 0.29) is 32.2 Å². The highest BCUT2D eigenvalue weighted by Gasteiger charge is 2.17. The molecule has 0 N–H and O–H groups in total. The Hall–Kier alpha value is -3.26. The second-order valence-electron chi connectivity index (χ2n) is 5.88. The molecule has 8 heteroatoms. The molecular weight excluding hydrogens is 366 g/mol. The number of ketones is 1. The molecule has 0 aliphatic heterocycles. The first-order chi connectivity index (χ1) is 13.5. The van der Waals surface area contributed by atoms with E-state index in [0.29, 0.717) is 11.1 Å². The summed E-state index contributed by atoms with van der Waals surface area (Å²) >= 11 is 0. The highest BCUT2D eigenvalue weighted by Crippen LogP contribution is 2.19. The maximum atomic E-state index is 12.4. The van der Waals surface area contributed by atoms with E-state index in [0.717, 1.165) is 5.56 Å². The Morgan fingerprint density at radius 1 is 0.929 bits per heavy atom. The van der Waals surface area contributed by atoms with Crippen LogP contribution in [0.5, 0.6) is 0 Å². The van der Waals surface area contributed by atoms with Gasteiger partial charge in [0.15, 0.2) is 5.78 Å². The predicted octanol–water partition coefficient (Wildman–Crippen LogP) is 2.79. The van der Waals surface area contributed by atoms with Crippen molar-refractivity contribution in [2.45, 2.75) is 12.8 Å². The Morgan fingerprint density at radius 3 is 2.18 bits per heavy atom. The summed E-state index contributed by atoms with van der Waals surface area (Å²) in [5, 5.41) is 9.06. The molecule has 0 bridgehead atoms. The third kappa shape index (κ3) is 6.48. The Kier molecular flexibility index (Phi) is 8.11. The number of benzene rings is 2. The summed E-state index contributed by atoms with van der Waals surface area (Å²) in [6, 6.07) is 15.8. The lowest BCUT2D eigenvalue weighted by Gasteiger charge is -2.12. The van der Waals surface area contributed by atoms with E-state index >= 15 is 0 Å². The molecule has 0 saturated heterocycles. The van der Waals surface area contributed by atoms with Crippen molar-refractivity contribution in [2.24, 2.45) is 0 Å². The first-order valence-corrected chi connectivity index (χ1v) is 8.70. The fraction of sp³-hybridized carbons (Fsp3) is 0.300. The van der Waals surface area contributed by atoms with Gasteiger partial charge >= 0.3 is 5.97 Å². The summed E-state index contributed by atoms with van der Waals surface area (Å²) in [7, 11) is 0. The Morgan fingerprint density at radius 2 is 1.54 bits per heavy atom. The summed E-state index contributed by atoms with van der Waals surface area (Å²) in [6.45, 7) is 1.72. The highest BCUT2D eigenvalue weighted by atomic mass is 17.0. The van der Waals surface area contributed by atoms with E-state index in [4.69, 9.17) is 9.47 Å². The van der Waals surface area contributed by atoms with Crippen molar-refractivity contribution in [1.29, 1.82) is 0 Å². The first kappa shape index (κ1) is 21.0. The molecule has 2 aromatic carbocycles. The van der Waals surface area contributed by atoms with Crippen molar-refractivity contribution >= 4 is 11.8 Å². The van der Waals surface area contributed by atoms with Gasteiger partial charge in [0.05, 0.1) is 19.1 Å². The molecule has 28 heavy (non-hydrogen) atoms. The standard InChI is InChI=1S/C20H21NO7/c1-15(20(23)27-13-11-26-12-14-28-21(24)25)16-7-9-18(10-8-16)19(22)17-5-3-2-4-6-17/h2-10,15H,11-14H2,1H3. The monoisotopic (exact) mass is 387 g/mol. The largest absolute Gasteiger partial charge is 0.463 e. The van der Waals surface area contributed by atoms with Crippen LogP contribution >= 0.6 is 0 Å². The van der Waals surface area contributed by atoms with Gasteiger partial charge in [-0.05, 0) is 12.5 Å². The average Bonchev–Trinajstić information content (AvgIpc) is 2.72. The van der Waals surface area contributed by atoms with Crippen molar-refractivity contribution in [3.05, 3.63) is 81.4 Å². The quantitative estimate of drug-likeness (QED) is 0.192. The molecule has 0 fully saturated rings. The molecule has 2 aromatic rings. The van der Waals surface area contributed by atoms with Crippen LogP contribution in [0.25, 0.3) is 0 Å². The topological polar surface area (TPSA) is 105 Å². The first-order valence-electron chi connectivity index (χ1n) is 8.70. The zero-order chi connectivity index (χ0) is 20.4. The van der Waals surface area contributed by atoms with Crippen molar-refractivity contribution in [2.75, 3.05) is 26.4 Å². The predicted molar refractivity (Wildman–Crippen MR) is 99.5 cm³/mol. The van der Waals surface area contributed by atoms with Crippen LogP contribution in [0, 0.1) is 10.1 Å². The van der Waals surface area contributed by atoms with Gasteiger partial charge in [0, 0.05) is 11.1 Å². The van der Waals surface area contributed by atoms with E-state index in [1.54, 1.807) is 55.5 Å². The molecule has 0 saturated carbocycles. The van der Waals surface area contributed by atoms with Crippen LogP contribution in [0.2, 0.25) is 0 Å². The van der Waals surface area contributed by atoms with Crippen molar-refractivity contribution in [3.63, 3.8) is 0 Å². The number of carbonyl (C=O) groups excluding carboxylic acids is 2. The molecule has 0 spiro atoms. The van der Waals surface area contributed by atoms with Crippen molar-refractivity contribution < 1.29 is 29.0 Å². The van der Waals surface area contributed by atoms with Gasteiger partial charge in [-0.25, -0.2) is 0 Å². The molecule has 0 radical (unpaired) electrons. The number of esters is 1. The van der Waals surface area contributed by atoms with Gasteiger partial charge in [-0.2, -0.15) is 0 Å². The summed E-state index contributed by atoms with van der Waals surface area (Å²) < 4.78 is 10.2. The number of hydrogen-bond acceptors (Lipinski definition) is 7. The smallest absolute Gasteiger partial charge is 0.313 e. The van der Waals surface area contributed by atoms with Gasteiger partial charge in [-0.15, -0.1) is 10.1 Å². The van der Waals surface area contributed by atoms with Gasteiger partial charge in [0.1, 0.15) is 13.2 Å². The van der Waals surface area contributed by atoms with Crippen LogP contribution in [-0.2, 0) is 19.1 Å². The summed E-state index contributed by atoms with van der Waals surface area (Å²) in [6.07, 6.45) is 0. The minimum Gasteiger partial charge on any atom is -0.463 e. The van der Waals surface area contributed by atoms with E-state index < -0.39 is 17.0 Å². The minimum atomic E-state index is -0.899. The zero-order valence-corrected chi connectivity index (χ0v) is 15.4. The van der Waals surface area contributed by atoms with Crippen LogP contribution < -0.4 is 0 Å². The van der Waals surface area contributed by atoms with Crippen molar-refractivity contribution in [1.82, 2.24) is 0 Å². The summed E-state index contributed by atoms with van der Waals surface area (Å²) in [5.74, 6) is -1.01. The fourth-order valence-corrected chi connectivity index (χ4v) is 2.41. The number of rotatable bonds is 11. The van der Waals surface area contributed by atoms with Crippen LogP contribution in [0.1, 0.15) is 34.3 Å². The average molecular weight is 387 g/mol. The van der Waals surface area contributed by atoms with E-state index in [9.17, 15) is 19.7 Å². The van der Waals surface area contributed by atoms with Gasteiger partial charge in [-0.1, -0.05) is 54.6 Å². The molecule has 1 unspecified atom stereocenters. The third-order valence-electron chi connectivity index (χ3n) is 3.96. The molecule has 148 valence electrons. The lowest BCUT2D eigenvalue weighted by atomic mass is 9.97. The number of nitrogens with zero attached hydrogens (tertiary/aromatic N) is 1. The van der Waals surface area contributed by atoms with Gasteiger partial charge in [-0.3, -0.25) is 9.59 Å². The molecule has 0 aliphatic rings. The lowest BCUT2D eigenvalue weighted by molar-refractivity contribution is -0.758. The maximum absolute atomic E-state index is 12.4. The Bertz CT molecular complexity index is 790. The molecule has 0 amide bonds. The lowest BCUT2D eigenvalue weighted by Crippen LogP contribution is -2.17. The zero-order valence-electron chi connectivity index (χ0n) is 15.4. The maximum Gasteiger partial charge on any atom is 0.313 e. The minimum absolute atomic E-state index is 0.0327. The molecular formula is C20H21NO7. The normalized spacial score (nSPS) is 11.5. The van der Waals surface area contributed by atoms with E-state index in [2.05, 4.69) is 4.84 Å². The van der Waals surface area contributed by atoms with Crippen LogP contribution in [-0.4, -0.2) is 43.3 Å². The number of carbonyl (C=O) groups is 2. The highest BCUT2D eigenvalue weighted by molar-refractivity contribution is 6.08. The second-order valence-corrected chi connectivity index (χ2v) is 5.88. The molecule has 0 aromatic heterocycles. The Balaban J connectivity index is 1.78. The number of ether oxygens (including phenoxy) is 2. The third-order valence-corrected chi connectivity index (χ3v) is 3.96. The van der Waals surface area contributed by atoms with Crippen LogP contribution in [0.15, 0.2) is 54.6 Å². The van der Waals surface area contributed by atoms with E-state index in [1.165, 1.54) is 0 Å². The summed E-state index contributed by atoms with van der Waals surface area (Å²) in [5.41, 5.74) is 1.88. The molecule has 0 aliphatic carbocycles. The van der Waals surface area contributed by atoms with Crippen LogP contribution in [0.4, 0.5) is 0 Å². The van der Waals surface area contributed by atoms with Crippen molar-refractivity contribution in [3.8, 4) is 0 Å². The van der Waals surface area contributed by atoms with Crippen LogP contribution in [0.3, 0.4) is 0 Å². The summed E-state index contributed by atoms with van der Waals surface area (Å²) in [4.78, 5) is 38.5. The van der Waals surface area contributed by atoms with Gasteiger partial charge < -0.3 is 14.3 Å². The van der Waals surface area contributed by atoms with E-state index in [1.807, 2.05) is 6.07 Å². The molecule has 2 rings (SSSR count). The molecule has 8 nitrogen and oxygen atoms in total. The fourth-order valence-electron chi connectivity index (χ4n) is 2.41. The van der Waals surface area contributed by atoms with Gasteiger partial charge in [0.25, 0.3) is 5.09 Å². The molecule has 0 heterocycles. The Labute approximate surface area is 162 Å². The second kappa shape index (κ2) is 10.8. The SMILES string of the molecule is CC(C(=O)OCCOCCO[N+](=O)[O-])c1ccc(C(=O)c2ccccc2)cc1. The molecule has 1 atom stereocenters. The van der Waals surface area contributed by atoms with Gasteiger partial charge in [0.2, 0.25) is 0 Å².